The number of fused-ring (bicyclic) bond motifs is 2. The van der Waals surface area contributed by atoms with Crippen LogP contribution in [0.3, 0.4) is 0 Å². The van der Waals surface area contributed by atoms with Crippen LogP contribution in [0.25, 0.3) is 31.6 Å². The van der Waals surface area contributed by atoms with Crippen molar-refractivity contribution in [3.05, 3.63) is 95.0 Å². The summed E-state index contributed by atoms with van der Waals surface area (Å²) in [5.74, 6) is -0.137. The minimum absolute atomic E-state index is 0.137. The van der Waals surface area contributed by atoms with Gasteiger partial charge in [0, 0.05) is 15.6 Å². The minimum Gasteiger partial charge on any atom is -0.321 e. The Bertz CT molecular complexity index is 1340. The quantitative estimate of drug-likeness (QED) is 0.312. The summed E-state index contributed by atoms with van der Waals surface area (Å²) < 4.78 is 2.10. The second-order valence-electron chi connectivity index (χ2n) is 6.63. The minimum atomic E-state index is -0.137. The van der Waals surface area contributed by atoms with E-state index in [2.05, 4.69) is 27.3 Å². The smallest absolute Gasteiger partial charge is 0.256 e. The van der Waals surface area contributed by atoms with Crippen LogP contribution in [0.5, 0.6) is 0 Å². The number of para-hydroxylation sites is 2. The lowest BCUT2D eigenvalue weighted by atomic mass is 10.0. The third-order valence-corrected chi connectivity index (χ3v) is 6.57. The zero-order valence-electron chi connectivity index (χ0n) is 15.2. The highest BCUT2D eigenvalue weighted by Crippen LogP contribution is 2.35. The van der Waals surface area contributed by atoms with Gasteiger partial charge in [0.15, 0.2) is 0 Å². The van der Waals surface area contributed by atoms with Gasteiger partial charge in [-0.2, -0.15) is 0 Å². The first-order chi connectivity index (χ1) is 14.2. The number of anilines is 1. The predicted molar refractivity (Wildman–Crippen MR) is 125 cm³/mol. The summed E-state index contributed by atoms with van der Waals surface area (Å²) in [5.41, 5.74) is 3.28. The summed E-state index contributed by atoms with van der Waals surface area (Å²) in [6.45, 7) is 0. The predicted octanol–water partition coefficient (Wildman–Crippen LogP) is 7.13. The van der Waals surface area contributed by atoms with Crippen molar-refractivity contribution in [3.8, 4) is 10.6 Å². The SMILES string of the molecule is O=C(Nc1ccccc1-c1nc2ccccc2s1)c1cccc2c(Br)cccc12. The summed E-state index contributed by atoms with van der Waals surface area (Å²) >= 11 is 5.19. The van der Waals surface area contributed by atoms with E-state index in [1.54, 1.807) is 11.3 Å². The van der Waals surface area contributed by atoms with Crippen LogP contribution < -0.4 is 5.32 Å². The number of hydrogen-bond donors (Lipinski definition) is 1. The lowest BCUT2D eigenvalue weighted by molar-refractivity contribution is 0.102. The monoisotopic (exact) mass is 458 g/mol. The largest absolute Gasteiger partial charge is 0.321 e. The van der Waals surface area contributed by atoms with Crippen molar-refractivity contribution < 1.29 is 4.79 Å². The highest BCUT2D eigenvalue weighted by molar-refractivity contribution is 9.10. The Morgan fingerprint density at radius 3 is 2.48 bits per heavy atom. The van der Waals surface area contributed by atoms with E-state index in [0.717, 1.165) is 41.7 Å². The molecule has 0 aliphatic rings. The number of nitrogens with one attached hydrogen (secondary N) is 1. The van der Waals surface area contributed by atoms with Crippen molar-refractivity contribution in [2.45, 2.75) is 0 Å². The van der Waals surface area contributed by atoms with E-state index in [0.29, 0.717) is 5.56 Å². The van der Waals surface area contributed by atoms with E-state index < -0.39 is 0 Å². The molecular weight excluding hydrogens is 444 g/mol. The molecule has 0 bridgehead atoms. The molecule has 0 radical (unpaired) electrons. The van der Waals surface area contributed by atoms with E-state index in [1.807, 2.05) is 78.9 Å². The van der Waals surface area contributed by atoms with E-state index >= 15 is 0 Å². The fourth-order valence-corrected chi connectivity index (χ4v) is 4.93. The molecule has 3 nitrogen and oxygen atoms in total. The molecule has 0 unspecified atom stereocenters. The molecule has 1 aromatic heterocycles. The third kappa shape index (κ3) is 3.33. The van der Waals surface area contributed by atoms with E-state index in [1.165, 1.54) is 0 Å². The normalized spacial score (nSPS) is 11.1. The number of amides is 1. The van der Waals surface area contributed by atoms with Crippen LogP contribution in [-0.4, -0.2) is 10.9 Å². The summed E-state index contributed by atoms with van der Waals surface area (Å²) in [5, 5.41) is 5.91. The zero-order valence-corrected chi connectivity index (χ0v) is 17.6. The van der Waals surface area contributed by atoms with Crippen molar-refractivity contribution in [1.29, 1.82) is 0 Å². The van der Waals surface area contributed by atoms with Crippen LogP contribution in [0.1, 0.15) is 10.4 Å². The second kappa shape index (κ2) is 7.43. The maximum Gasteiger partial charge on any atom is 0.256 e. The van der Waals surface area contributed by atoms with Crippen LogP contribution in [0.2, 0.25) is 0 Å². The standard InChI is InChI=1S/C24H15BrN2OS/c25-19-11-6-8-15-16(19)9-5-10-17(15)23(28)26-20-12-2-1-7-18(20)24-27-21-13-3-4-14-22(21)29-24/h1-14H,(H,26,28). The van der Waals surface area contributed by atoms with Gasteiger partial charge in [0.2, 0.25) is 0 Å². The average Bonchev–Trinajstić information content (AvgIpc) is 3.18. The summed E-state index contributed by atoms with van der Waals surface area (Å²) in [7, 11) is 0. The molecule has 0 aliphatic heterocycles. The first-order valence-electron chi connectivity index (χ1n) is 9.14. The summed E-state index contributed by atoms with van der Waals surface area (Å²) in [4.78, 5) is 17.9. The maximum atomic E-state index is 13.2. The highest BCUT2D eigenvalue weighted by Gasteiger charge is 2.15. The van der Waals surface area contributed by atoms with Crippen molar-refractivity contribution in [2.24, 2.45) is 0 Å². The van der Waals surface area contributed by atoms with E-state index in [9.17, 15) is 4.79 Å². The van der Waals surface area contributed by atoms with Crippen LogP contribution in [-0.2, 0) is 0 Å². The summed E-state index contributed by atoms with van der Waals surface area (Å²) in [6, 6.07) is 27.5. The van der Waals surface area contributed by atoms with Gasteiger partial charge in [-0.15, -0.1) is 11.3 Å². The highest BCUT2D eigenvalue weighted by atomic mass is 79.9. The molecule has 0 saturated heterocycles. The van der Waals surface area contributed by atoms with E-state index in [-0.39, 0.29) is 5.91 Å². The molecule has 0 aliphatic carbocycles. The Morgan fingerprint density at radius 2 is 1.59 bits per heavy atom. The van der Waals surface area contributed by atoms with Crippen LogP contribution in [0.4, 0.5) is 5.69 Å². The molecule has 0 fully saturated rings. The number of thiazole rings is 1. The number of rotatable bonds is 3. The van der Waals surface area contributed by atoms with Gasteiger partial charge >= 0.3 is 0 Å². The molecule has 5 aromatic rings. The molecule has 0 saturated carbocycles. The first kappa shape index (κ1) is 18.0. The molecule has 4 aromatic carbocycles. The maximum absolute atomic E-state index is 13.2. The molecule has 140 valence electrons. The summed E-state index contributed by atoms with van der Waals surface area (Å²) in [6.07, 6.45) is 0. The van der Waals surface area contributed by atoms with Crippen molar-refractivity contribution in [1.82, 2.24) is 4.98 Å². The Hall–Kier alpha value is -3.02. The Kier molecular flexibility index (Phi) is 4.62. The van der Waals surface area contributed by atoms with Gasteiger partial charge in [-0.05, 0) is 47.2 Å². The number of aromatic nitrogens is 1. The molecule has 0 spiro atoms. The van der Waals surface area contributed by atoms with Gasteiger partial charge in [-0.25, -0.2) is 4.98 Å². The number of carbonyl (C=O) groups is 1. The molecular formula is C24H15BrN2OS. The van der Waals surface area contributed by atoms with Gasteiger partial charge in [0.1, 0.15) is 5.01 Å². The number of carbonyl (C=O) groups excluding carboxylic acids is 1. The number of hydrogen-bond acceptors (Lipinski definition) is 3. The van der Waals surface area contributed by atoms with Gasteiger partial charge in [0.05, 0.1) is 15.9 Å². The van der Waals surface area contributed by atoms with Crippen LogP contribution in [0, 0.1) is 0 Å². The van der Waals surface area contributed by atoms with Gasteiger partial charge in [0.25, 0.3) is 5.91 Å². The molecule has 1 amide bonds. The first-order valence-corrected chi connectivity index (χ1v) is 10.8. The zero-order chi connectivity index (χ0) is 19.8. The van der Waals surface area contributed by atoms with Crippen molar-refractivity contribution in [3.63, 3.8) is 0 Å². The lowest BCUT2D eigenvalue weighted by Gasteiger charge is -2.11. The lowest BCUT2D eigenvalue weighted by Crippen LogP contribution is -2.13. The van der Waals surface area contributed by atoms with Crippen molar-refractivity contribution in [2.75, 3.05) is 5.32 Å². The molecule has 5 heteroatoms. The third-order valence-electron chi connectivity index (χ3n) is 4.81. The fourth-order valence-electron chi connectivity index (χ4n) is 3.43. The van der Waals surface area contributed by atoms with Gasteiger partial charge < -0.3 is 5.32 Å². The fraction of sp³-hybridized carbons (Fsp3) is 0. The molecule has 5 rings (SSSR count). The molecule has 1 heterocycles. The molecule has 29 heavy (non-hydrogen) atoms. The Morgan fingerprint density at radius 1 is 0.828 bits per heavy atom. The number of halogens is 1. The Balaban J connectivity index is 1.55. The van der Waals surface area contributed by atoms with Crippen molar-refractivity contribution >= 4 is 59.9 Å². The average molecular weight is 459 g/mol. The molecule has 1 N–H and O–H groups in total. The second-order valence-corrected chi connectivity index (χ2v) is 8.51. The van der Waals surface area contributed by atoms with Gasteiger partial charge in [-0.3, -0.25) is 4.79 Å². The molecule has 0 atom stereocenters. The van der Waals surface area contributed by atoms with E-state index in [4.69, 9.17) is 4.98 Å². The Labute approximate surface area is 180 Å². The number of nitrogens with zero attached hydrogens (tertiary/aromatic N) is 1. The van der Waals surface area contributed by atoms with Gasteiger partial charge in [-0.1, -0.05) is 64.5 Å². The topological polar surface area (TPSA) is 42.0 Å². The number of benzene rings is 4. The van der Waals surface area contributed by atoms with Crippen LogP contribution in [0.15, 0.2) is 89.4 Å². The van der Waals surface area contributed by atoms with Crippen LogP contribution >= 0.6 is 27.3 Å².